The molecule has 2 heterocycles. The minimum Gasteiger partial charge on any atom is -0.444 e. The first kappa shape index (κ1) is 14.2. The number of aryl methyl sites for hydroxylation is 1. The fourth-order valence-corrected chi connectivity index (χ4v) is 2.90. The van der Waals surface area contributed by atoms with E-state index in [4.69, 9.17) is 4.74 Å². The molecule has 1 atom stereocenters. The Kier molecular flexibility index (Phi) is 4.29. The highest BCUT2D eigenvalue weighted by atomic mass is 16.6. The number of carbonyl (C=O) groups is 1. The number of hydrogen-bond acceptors (Lipinski definition) is 4. The van der Waals surface area contributed by atoms with Gasteiger partial charge in [-0.05, 0) is 25.5 Å². The topological polar surface area (TPSA) is 44.8 Å². The molecule has 1 unspecified atom stereocenters. The number of hydrogen-bond donors (Lipinski definition) is 1. The van der Waals surface area contributed by atoms with E-state index in [-0.39, 0.29) is 12.2 Å². The molecular formula is C16H23N3O2. The lowest BCUT2D eigenvalue weighted by molar-refractivity contribution is 0.124. The van der Waals surface area contributed by atoms with E-state index in [9.17, 15) is 4.79 Å². The van der Waals surface area contributed by atoms with Crippen LogP contribution in [-0.4, -0.2) is 56.4 Å². The van der Waals surface area contributed by atoms with E-state index in [1.165, 1.54) is 11.3 Å². The number of piperazine rings is 1. The minimum absolute atomic E-state index is 0.0487. The monoisotopic (exact) mass is 289 g/mol. The molecule has 21 heavy (non-hydrogen) atoms. The summed E-state index contributed by atoms with van der Waals surface area (Å²) in [5.74, 6) is 0. The highest BCUT2D eigenvalue weighted by molar-refractivity contribution is 5.69. The van der Waals surface area contributed by atoms with Gasteiger partial charge in [0.2, 0.25) is 0 Å². The van der Waals surface area contributed by atoms with Crippen molar-refractivity contribution >= 4 is 11.8 Å². The summed E-state index contributed by atoms with van der Waals surface area (Å²) < 4.78 is 5.17. The average molecular weight is 289 g/mol. The van der Waals surface area contributed by atoms with Gasteiger partial charge in [-0.3, -0.25) is 4.90 Å². The molecule has 0 radical (unpaired) electrons. The van der Waals surface area contributed by atoms with Crippen LogP contribution in [0.3, 0.4) is 0 Å². The summed E-state index contributed by atoms with van der Waals surface area (Å²) >= 11 is 0. The van der Waals surface area contributed by atoms with Crippen molar-refractivity contribution in [1.82, 2.24) is 10.2 Å². The summed E-state index contributed by atoms with van der Waals surface area (Å²) in [6, 6.07) is 8.75. The Hall–Kier alpha value is -1.75. The molecule has 2 fully saturated rings. The van der Waals surface area contributed by atoms with E-state index >= 15 is 0 Å². The van der Waals surface area contributed by atoms with Gasteiger partial charge in [-0.15, -0.1) is 0 Å². The van der Waals surface area contributed by atoms with Gasteiger partial charge in [0.15, 0.2) is 0 Å². The maximum absolute atomic E-state index is 11.0. The van der Waals surface area contributed by atoms with Crippen molar-refractivity contribution in [1.29, 1.82) is 0 Å². The Morgan fingerprint density at radius 2 is 1.90 bits per heavy atom. The van der Waals surface area contributed by atoms with E-state index < -0.39 is 0 Å². The summed E-state index contributed by atoms with van der Waals surface area (Å²) in [4.78, 5) is 15.9. The Morgan fingerprint density at radius 3 is 2.52 bits per heavy atom. The number of benzene rings is 1. The van der Waals surface area contributed by atoms with Crippen LogP contribution < -0.4 is 10.2 Å². The van der Waals surface area contributed by atoms with E-state index in [1.807, 2.05) is 0 Å². The van der Waals surface area contributed by atoms with Crippen LogP contribution in [0.15, 0.2) is 24.3 Å². The standard InChI is InChI=1S/C16H23N3O2/c1-13-2-4-14(5-3-13)19-10-8-18(9-11-19)7-6-15-12-17-16(20)21-15/h2-5,15H,6-12H2,1H3,(H,17,20). The lowest BCUT2D eigenvalue weighted by atomic mass is 10.2. The van der Waals surface area contributed by atoms with Crippen molar-refractivity contribution in [3.8, 4) is 0 Å². The zero-order valence-corrected chi connectivity index (χ0v) is 12.5. The number of nitrogens with zero attached hydrogens (tertiary/aromatic N) is 2. The van der Waals surface area contributed by atoms with Crippen molar-refractivity contribution in [3.05, 3.63) is 29.8 Å². The number of anilines is 1. The first-order valence-corrected chi connectivity index (χ1v) is 7.69. The molecule has 3 rings (SSSR count). The van der Waals surface area contributed by atoms with Gasteiger partial charge in [0.1, 0.15) is 6.10 Å². The number of alkyl carbamates (subject to hydrolysis) is 1. The van der Waals surface area contributed by atoms with Crippen LogP contribution in [0.1, 0.15) is 12.0 Å². The molecule has 1 amide bonds. The number of ether oxygens (including phenoxy) is 1. The molecule has 5 nitrogen and oxygen atoms in total. The van der Waals surface area contributed by atoms with Crippen molar-refractivity contribution in [2.24, 2.45) is 0 Å². The van der Waals surface area contributed by atoms with Crippen molar-refractivity contribution in [2.75, 3.05) is 44.2 Å². The number of rotatable bonds is 4. The molecule has 2 saturated heterocycles. The zero-order valence-electron chi connectivity index (χ0n) is 12.5. The molecule has 0 aliphatic carbocycles. The Balaban J connectivity index is 1.42. The number of cyclic esters (lactones) is 1. The molecule has 1 aromatic rings. The quantitative estimate of drug-likeness (QED) is 0.915. The number of amides is 1. The van der Waals surface area contributed by atoms with Crippen LogP contribution in [0.25, 0.3) is 0 Å². The first-order chi connectivity index (χ1) is 10.2. The molecule has 5 heteroatoms. The SMILES string of the molecule is Cc1ccc(N2CCN(CCC3CNC(=O)O3)CC2)cc1. The largest absolute Gasteiger partial charge is 0.444 e. The fraction of sp³-hybridized carbons (Fsp3) is 0.562. The molecule has 0 saturated carbocycles. The second-order valence-corrected chi connectivity index (χ2v) is 5.86. The maximum atomic E-state index is 11.0. The predicted molar refractivity (Wildman–Crippen MR) is 82.7 cm³/mol. The third-order valence-corrected chi connectivity index (χ3v) is 4.29. The van der Waals surface area contributed by atoms with Crippen LogP contribution in [-0.2, 0) is 4.74 Å². The van der Waals surface area contributed by atoms with Gasteiger partial charge in [-0.2, -0.15) is 0 Å². The molecule has 1 aromatic carbocycles. The minimum atomic E-state index is -0.274. The van der Waals surface area contributed by atoms with Crippen LogP contribution >= 0.6 is 0 Å². The van der Waals surface area contributed by atoms with E-state index in [0.29, 0.717) is 6.54 Å². The van der Waals surface area contributed by atoms with Gasteiger partial charge in [0.25, 0.3) is 0 Å². The molecule has 0 spiro atoms. The highest BCUT2D eigenvalue weighted by Gasteiger charge is 2.24. The normalized spacial score (nSPS) is 23.0. The van der Waals surface area contributed by atoms with Gasteiger partial charge in [0, 0.05) is 38.4 Å². The van der Waals surface area contributed by atoms with E-state index in [1.54, 1.807) is 0 Å². The molecule has 2 aliphatic rings. The molecule has 0 aromatic heterocycles. The highest BCUT2D eigenvalue weighted by Crippen LogP contribution is 2.17. The maximum Gasteiger partial charge on any atom is 0.407 e. The summed E-state index contributed by atoms with van der Waals surface area (Å²) in [5, 5.41) is 2.70. The van der Waals surface area contributed by atoms with Crippen molar-refractivity contribution < 1.29 is 9.53 Å². The second-order valence-electron chi connectivity index (χ2n) is 5.86. The van der Waals surface area contributed by atoms with Crippen LogP contribution in [0.5, 0.6) is 0 Å². The first-order valence-electron chi connectivity index (χ1n) is 7.69. The van der Waals surface area contributed by atoms with Gasteiger partial charge >= 0.3 is 6.09 Å². The van der Waals surface area contributed by atoms with Crippen LogP contribution in [0.4, 0.5) is 10.5 Å². The second kappa shape index (κ2) is 6.35. The lowest BCUT2D eigenvalue weighted by Crippen LogP contribution is -2.47. The lowest BCUT2D eigenvalue weighted by Gasteiger charge is -2.36. The van der Waals surface area contributed by atoms with E-state index in [2.05, 4.69) is 46.3 Å². The Labute approximate surface area is 125 Å². The average Bonchev–Trinajstić information content (AvgIpc) is 2.92. The smallest absolute Gasteiger partial charge is 0.407 e. The predicted octanol–water partition coefficient (Wildman–Crippen LogP) is 1.62. The van der Waals surface area contributed by atoms with Gasteiger partial charge in [0.05, 0.1) is 6.54 Å². The fourth-order valence-electron chi connectivity index (χ4n) is 2.90. The third-order valence-electron chi connectivity index (χ3n) is 4.29. The number of carbonyl (C=O) groups excluding carboxylic acids is 1. The summed E-state index contributed by atoms with van der Waals surface area (Å²) in [6.07, 6.45) is 0.695. The third kappa shape index (κ3) is 3.67. The van der Waals surface area contributed by atoms with Crippen LogP contribution in [0.2, 0.25) is 0 Å². The van der Waals surface area contributed by atoms with Gasteiger partial charge in [-0.1, -0.05) is 17.7 Å². The van der Waals surface area contributed by atoms with Gasteiger partial charge in [-0.25, -0.2) is 4.79 Å². The molecule has 2 aliphatic heterocycles. The number of nitrogens with one attached hydrogen (secondary N) is 1. The van der Waals surface area contributed by atoms with Crippen molar-refractivity contribution in [2.45, 2.75) is 19.4 Å². The van der Waals surface area contributed by atoms with Gasteiger partial charge < -0.3 is 15.0 Å². The Bertz CT molecular complexity index is 481. The summed E-state index contributed by atoms with van der Waals surface area (Å²) in [7, 11) is 0. The molecule has 114 valence electrons. The zero-order chi connectivity index (χ0) is 14.7. The summed E-state index contributed by atoms with van der Waals surface area (Å²) in [5.41, 5.74) is 2.62. The van der Waals surface area contributed by atoms with Crippen LogP contribution in [0, 0.1) is 6.92 Å². The molecular weight excluding hydrogens is 266 g/mol. The van der Waals surface area contributed by atoms with E-state index in [0.717, 1.165) is 39.1 Å². The molecule has 0 bridgehead atoms. The Morgan fingerprint density at radius 1 is 1.19 bits per heavy atom. The summed E-state index contributed by atoms with van der Waals surface area (Å²) in [6.45, 7) is 8.04. The molecule has 1 N–H and O–H groups in total. The van der Waals surface area contributed by atoms with Crippen molar-refractivity contribution in [3.63, 3.8) is 0 Å².